The van der Waals surface area contributed by atoms with Crippen LogP contribution in [0, 0.1) is 5.41 Å². The van der Waals surface area contributed by atoms with Crippen LogP contribution in [0.25, 0.3) is 0 Å². The predicted molar refractivity (Wildman–Crippen MR) is 67.2 cm³/mol. The lowest BCUT2D eigenvalue weighted by molar-refractivity contribution is -0.152. The molecule has 7 heteroatoms. The van der Waals surface area contributed by atoms with Gasteiger partial charge in [-0.05, 0) is 32.4 Å². The van der Waals surface area contributed by atoms with E-state index in [4.69, 9.17) is 0 Å². The van der Waals surface area contributed by atoms with Gasteiger partial charge >= 0.3 is 0 Å². The number of piperidine rings is 2. The molecule has 0 aromatic carbocycles. The third-order valence-corrected chi connectivity index (χ3v) is 4.51. The van der Waals surface area contributed by atoms with Gasteiger partial charge in [0.1, 0.15) is 6.04 Å². The summed E-state index contributed by atoms with van der Waals surface area (Å²) in [7, 11) is 0. The summed E-state index contributed by atoms with van der Waals surface area (Å²) in [5.41, 5.74) is -0.635. The van der Waals surface area contributed by atoms with E-state index in [1.807, 2.05) is 0 Å². The largest absolute Gasteiger partial charge is 0.317 e. The van der Waals surface area contributed by atoms with E-state index < -0.39 is 17.4 Å². The minimum absolute atomic E-state index is 0.169. The van der Waals surface area contributed by atoms with Gasteiger partial charge in [0.15, 0.2) is 0 Å². The second-order valence-electron chi connectivity index (χ2n) is 5.74. The zero-order chi connectivity index (χ0) is 14.3. The minimum Gasteiger partial charge on any atom is -0.317 e. The van der Waals surface area contributed by atoms with Crippen LogP contribution in [0.1, 0.15) is 32.1 Å². The zero-order valence-electron chi connectivity index (χ0n) is 11.1. The lowest BCUT2D eigenvalue weighted by Crippen LogP contribution is -2.55. The van der Waals surface area contributed by atoms with Gasteiger partial charge in [0.2, 0.25) is 23.6 Å². The number of rotatable bonds is 1. The highest BCUT2D eigenvalue weighted by molar-refractivity contribution is 6.11. The molecule has 1 atom stereocenters. The molecule has 0 saturated carbocycles. The number of carbonyl (C=O) groups is 4. The highest BCUT2D eigenvalue weighted by Crippen LogP contribution is 2.42. The number of amides is 4. The van der Waals surface area contributed by atoms with Gasteiger partial charge < -0.3 is 5.32 Å². The number of carbonyl (C=O) groups excluding carboxylic acids is 4. The van der Waals surface area contributed by atoms with Crippen molar-refractivity contribution in [2.24, 2.45) is 5.41 Å². The first kappa shape index (κ1) is 13.2. The maximum Gasteiger partial charge on any atom is 0.249 e. The maximum atomic E-state index is 12.6. The number of nitrogens with one attached hydrogen (secondary N) is 2. The minimum atomic E-state index is -0.818. The third kappa shape index (κ3) is 1.93. The van der Waals surface area contributed by atoms with Crippen molar-refractivity contribution >= 4 is 23.6 Å². The molecule has 3 fully saturated rings. The lowest BCUT2D eigenvalue weighted by atomic mass is 9.77. The predicted octanol–water partition coefficient (Wildman–Crippen LogP) is -1.08. The van der Waals surface area contributed by atoms with E-state index in [0.29, 0.717) is 25.9 Å². The van der Waals surface area contributed by atoms with Crippen molar-refractivity contribution in [1.82, 2.24) is 15.5 Å². The molecular formula is C13H17N3O4. The first-order valence-corrected chi connectivity index (χ1v) is 6.94. The van der Waals surface area contributed by atoms with Crippen LogP contribution in [0.3, 0.4) is 0 Å². The summed E-state index contributed by atoms with van der Waals surface area (Å²) in [6, 6.07) is -0.818. The van der Waals surface area contributed by atoms with E-state index in [1.54, 1.807) is 0 Å². The van der Waals surface area contributed by atoms with Crippen LogP contribution in [-0.4, -0.2) is 47.7 Å². The normalized spacial score (nSPS) is 30.0. The molecular weight excluding hydrogens is 262 g/mol. The Morgan fingerprint density at radius 2 is 1.80 bits per heavy atom. The molecule has 0 aliphatic carbocycles. The fourth-order valence-corrected chi connectivity index (χ4v) is 3.36. The van der Waals surface area contributed by atoms with Crippen molar-refractivity contribution in [3.63, 3.8) is 0 Å². The SMILES string of the molecule is O=C1CCC(N2C(=O)CC3(CCNCC3)C2=O)C(=O)N1. The van der Waals surface area contributed by atoms with E-state index in [0.717, 1.165) is 4.90 Å². The Bertz CT molecular complexity index is 496. The zero-order valence-corrected chi connectivity index (χ0v) is 11.1. The Hall–Kier alpha value is -1.76. The number of nitrogens with zero attached hydrogens (tertiary/aromatic N) is 1. The Kier molecular flexibility index (Phi) is 3.08. The van der Waals surface area contributed by atoms with Gasteiger partial charge in [-0.25, -0.2) is 0 Å². The molecule has 1 spiro atoms. The second kappa shape index (κ2) is 4.66. The van der Waals surface area contributed by atoms with E-state index in [1.165, 1.54) is 0 Å². The summed E-state index contributed by atoms with van der Waals surface area (Å²) in [4.78, 5) is 49.0. The van der Waals surface area contributed by atoms with E-state index >= 15 is 0 Å². The topological polar surface area (TPSA) is 95.6 Å². The molecule has 108 valence electrons. The lowest BCUT2D eigenvalue weighted by Gasteiger charge is -2.33. The molecule has 0 radical (unpaired) electrons. The van der Waals surface area contributed by atoms with Crippen molar-refractivity contribution in [3.8, 4) is 0 Å². The molecule has 4 amide bonds. The first-order valence-electron chi connectivity index (χ1n) is 6.94. The van der Waals surface area contributed by atoms with Gasteiger partial charge in [0.25, 0.3) is 0 Å². The second-order valence-corrected chi connectivity index (χ2v) is 5.74. The smallest absolute Gasteiger partial charge is 0.249 e. The van der Waals surface area contributed by atoms with Gasteiger partial charge in [0, 0.05) is 12.8 Å². The van der Waals surface area contributed by atoms with Crippen LogP contribution in [0.4, 0.5) is 0 Å². The van der Waals surface area contributed by atoms with E-state index in [9.17, 15) is 19.2 Å². The van der Waals surface area contributed by atoms with Gasteiger partial charge in [-0.3, -0.25) is 29.4 Å². The average molecular weight is 279 g/mol. The molecule has 20 heavy (non-hydrogen) atoms. The molecule has 3 aliphatic heterocycles. The molecule has 3 rings (SSSR count). The number of likely N-dealkylation sites (tertiary alicyclic amines) is 1. The average Bonchev–Trinajstić information content (AvgIpc) is 2.63. The summed E-state index contributed by atoms with van der Waals surface area (Å²) in [5, 5.41) is 5.38. The maximum absolute atomic E-state index is 12.6. The van der Waals surface area contributed by atoms with Crippen LogP contribution in [0.2, 0.25) is 0 Å². The number of hydrogen-bond acceptors (Lipinski definition) is 5. The standard InChI is InChI=1S/C13H17N3O4/c17-9-2-1-8(11(19)15-9)16-10(18)7-13(12(16)20)3-5-14-6-4-13/h8,14H,1-7H2,(H,15,17,19). The molecule has 0 bridgehead atoms. The van der Waals surface area contributed by atoms with Crippen LogP contribution >= 0.6 is 0 Å². The summed E-state index contributed by atoms with van der Waals surface area (Å²) < 4.78 is 0. The van der Waals surface area contributed by atoms with Crippen molar-refractivity contribution in [3.05, 3.63) is 0 Å². The molecule has 3 saturated heterocycles. The molecule has 7 nitrogen and oxygen atoms in total. The monoisotopic (exact) mass is 279 g/mol. The van der Waals surface area contributed by atoms with E-state index in [2.05, 4.69) is 10.6 Å². The fourth-order valence-electron chi connectivity index (χ4n) is 3.36. The van der Waals surface area contributed by atoms with Gasteiger partial charge in [-0.15, -0.1) is 0 Å². The first-order chi connectivity index (χ1) is 9.53. The van der Waals surface area contributed by atoms with Gasteiger partial charge in [-0.1, -0.05) is 0 Å². The van der Waals surface area contributed by atoms with Crippen molar-refractivity contribution in [1.29, 1.82) is 0 Å². The van der Waals surface area contributed by atoms with Gasteiger partial charge in [-0.2, -0.15) is 0 Å². The van der Waals surface area contributed by atoms with E-state index in [-0.39, 0.29) is 37.0 Å². The Morgan fingerprint density at radius 3 is 2.45 bits per heavy atom. The molecule has 3 aliphatic rings. The van der Waals surface area contributed by atoms with Gasteiger partial charge in [0.05, 0.1) is 5.41 Å². The quantitative estimate of drug-likeness (QED) is 0.595. The molecule has 3 heterocycles. The van der Waals surface area contributed by atoms with Crippen molar-refractivity contribution in [2.75, 3.05) is 13.1 Å². The van der Waals surface area contributed by atoms with Crippen LogP contribution in [-0.2, 0) is 19.2 Å². The fraction of sp³-hybridized carbons (Fsp3) is 0.692. The number of hydrogen-bond donors (Lipinski definition) is 2. The summed E-state index contributed by atoms with van der Waals surface area (Å²) in [5.74, 6) is -1.40. The molecule has 0 aromatic rings. The highest BCUT2D eigenvalue weighted by atomic mass is 16.2. The van der Waals surface area contributed by atoms with Crippen LogP contribution in [0.15, 0.2) is 0 Å². The Labute approximate surface area is 116 Å². The summed E-state index contributed by atoms with van der Waals surface area (Å²) in [6.07, 6.45) is 1.84. The molecule has 2 N–H and O–H groups in total. The third-order valence-electron chi connectivity index (χ3n) is 4.51. The Morgan fingerprint density at radius 1 is 1.10 bits per heavy atom. The summed E-state index contributed by atoms with van der Waals surface area (Å²) in [6.45, 7) is 1.42. The number of imide groups is 2. The van der Waals surface area contributed by atoms with Crippen molar-refractivity contribution in [2.45, 2.75) is 38.1 Å². The molecule has 0 aromatic heterocycles. The van der Waals surface area contributed by atoms with Crippen LogP contribution < -0.4 is 10.6 Å². The van der Waals surface area contributed by atoms with Crippen LogP contribution in [0.5, 0.6) is 0 Å². The Balaban J connectivity index is 1.83. The highest BCUT2D eigenvalue weighted by Gasteiger charge is 2.55. The molecule has 1 unspecified atom stereocenters. The summed E-state index contributed by atoms with van der Waals surface area (Å²) >= 11 is 0. The van der Waals surface area contributed by atoms with Crippen molar-refractivity contribution < 1.29 is 19.2 Å².